The van der Waals surface area contributed by atoms with Crippen LogP contribution in [0.1, 0.15) is 13.3 Å². The van der Waals surface area contributed by atoms with Crippen molar-refractivity contribution in [3.8, 4) is 0 Å². The highest BCUT2D eigenvalue weighted by Crippen LogP contribution is 2.37. The molecule has 14 heavy (non-hydrogen) atoms. The zero-order valence-corrected chi connectivity index (χ0v) is 8.14. The van der Waals surface area contributed by atoms with Gasteiger partial charge in [-0.2, -0.15) is 0 Å². The van der Waals surface area contributed by atoms with E-state index < -0.39 is 0 Å². The molecule has 1 aliphatic carbocycles. The lowest BCUT2D eigenvalue weighted by atomic mass is 10.0. The largest absolute Gasteiger partial charge is 0.460 e. The fraction of sp³-hybridized carbons (Fsp3) is 0.700. The Morgan fingerprint density at radius 3 is 3.14 bits per heavy atom. The first kappa shape index (κ1) is 9.68. The lowest BCUT2D eigenvalue weighted by Gasteiger charge is -2.30. The molecule has 0 bridgehead atoms. The van der Waals surface area contributed by atoms with Gasteiger partial charge in [0.1, 0.15) is 6.10 Å². The third kappa shape index (κ3) is 1.55. The smallest absolute Gasteiger partial charge is 0.293 e. The molecule has 0 spiro atoms. The van der Waals surface area contributed by atoms with Crippen LogP contribution >= 0.6 is 0 Å². The first-order chi connectivity index (χ1) is 6.72. The van der Waals surface area contributed by atoms with Gasteiger partial charge >= 0.3 is 0 Å². The number of rotatable bonds is 2. The second kappa shape index (κ2) is 3.71. The Morgan fingerprint density at radius 1 is 1.64 bits per heavy atom. The van der Waals surface area contributed by atoms with Crippen LogP contribution in [0, 0.1) is 5.92 Å². The van der Waals surface area contributed by atoms with Gasteiger partial charge in [-0.15, -0.1) is 0 Å². The Morgan fingerprint density at radius 2 is 2.43 bits per heavy atom. The van der Waals surface area contributed by atoms with Gasteiger partial charge in [-0.25, -0.2) is 0 Å². The van der Waals surface area contributed by atoms with Crippen LogP contribution in [0.15, 0.2) is 12.2 Å². The minimum atomic E-state index is -0.198. The van der Waals surface area contributed by atoms with Crippen LogP contribution in [0.4, 0.5) is 0 Å². The van der Waals surface area contributed by atoms with E-state index in [0.717, 1.165) is 5.57 Å². The lowest BCUT2D eigenvalue weighted by molar-refractivity contribution is -0.215. The number of hydrogen-bond acceptors (Lipinski definition) is 4. The summed E-state index contributed by atoms with van der Waals surface area (Å²) in [6.45, 7) is 6.87. The zero-order valence-electron chi connectivity index (χ0n) is 8.14. The predicted molar refractivity (Wildman–Crippen MR) is 48.5 cm³/mol. The maximum Gasteiger partial charge on any atom is 0.293 e. The van der Waals surface area contributed by atoms with Crippen LogP contribution in [0.5, 0.6) is 0 Å². The second-order valence-corrected chi connectivity index (χ2v) is 3.71. The van der Waals surface area contributed by atoms with Crippen LogP contribution < -0.4 is 0 Å². The first-order valence-electron chi connectivity index (χ1n) is 4.77. The molecule has 1 saturated heterocycles. The van der Waals surface area contributed by atoms with Crippen LogP contribution in [-0.2, 0) is 19.0 Å². The highest BCUT2D eigenvalue weighted by molar-refractivity contribution is 5.39. The molecule has 1 aliphatic heterocycles. The van der Waals surface area contributed by atoms with Crippen molar-refractivity contribution in [2.75, 3.05) is 6.61 Å². The fourth-order valence-electron chi connectivity index (χ4n) is 2.10. The van der Waals surface area contributed by atoms with E-state index in [2.05, 4.69) is 6.58 Å². The summed E-state index contributed by atoms with van der Waals surface area (Å²) < 4.78 is 15.9. The zero-order chi connectivity index (χ0) is 10.1. The molecule has 0 N–H and O–H groups in total. The number of hydrogen-bond donors (Lipinski definition) is 0. The van der Waals surface area contributed by atoms with Crippen molar-refractivity contribution in [2.45, 2.75) is 31.8 Å². The van der Waals surface area contributed by atoms with Gasteiger partial charge < -0.3 is 14.2 Å². The van der Waals surface area contributed by atoms with E-state index in [4.69, 9.17) is 14.2 Å². The topological polar surface area (TPSA) is 44.8 Å². The summed E-state index contributed by atoms with van der Waals surface area (Å²) in [6.07, 6.45) is 0.433. The van der Waals surface area contributed by atoms with Crippen LogP contribution in [0.3, 0.4) is 0 Å². The number of ether oxygens (including phenoxy) is 3. The molecule has 2 unspecified atom stereocenters. The number of carbonyl (C=O) groups is 1. The van der Waals surface area contributed by atoms with Gasteiger partial charge in [0.25, 0.3) is 6.47 Å². The molecule has 2 rings (SSSR count). The molecular formula is C10H14O4. The number of carbonyl (C=O) groups excluding carboxylic acids is 1. The van der Waals surface area contributed by atoms with E-state index >= 15 is 0 Å². The molecule has 4 atom stereocenters. The van der Waals surface area contributed by atoms with E-state index in [0.29, 0.717) is 19.5 Å². The Labute approximate surface area is 82.8 Å². The summed E-state index contributed by atoms with van der Waals surface area (Å²) in [5.41, 5.74) is 0.911. The van der Waals surface area contributed by atoms with Crippen molar-refractivity contribution < 1.29 is 19.0 Å². The molecule has 1 heterocycles. The maximum absolute atomic E-state index is 10.2. The third-order valence-corrected chi connectivity index (χ3v) is 2.88. The SMILES string of the molecule is C=C1C2COC(C)O[C@H]2C[C@H]1OC=O. The van der Waals surface area contributed by atoms with Crippen molar-refractivity contribution in [1.82, 2.24) is 0 Å². The Kier molecular flexibility index (Phi) is 2.56. The third-order valence-electron chi connectivity index (χ3n) is 2.88. The van der Waals surface area contributed by atoms with E-state index in [1.165, 1.54) is 0 Å². The Bertz CT molecular complexity index is 251. The number of fused-ring (bicyclic) bond motifs is 1. The molecule has 78 valence electrons. The van der Waals surface area contributed by atoms with Gasteiger partial charge in [0.2, 0.25) is 0 Å². The molecule has 2 aliphatic rings. The quantitative estimate of drug-likeness (QED) is 0.487. The van der Waals surface area contributed by atoms with E-state index in [-0.39, 0.29) is 24.4 Å². The average Bonchev–Trinajstić information content (AvgIpc) is 2.44. The molecule has 0 radical (unpaired) electrons. The molecule has 4 nitrogen and oxygen atoms in total. The normalized spacial score (nSPS) is 41.9. The predicted octanol–water partition coefficient (Wildman–Crippen LogP) is 0.865. The van der Waals surface area contributed by atoms with E-state index in [1.54, 1.807) is 0 Å². The first-order valence-corrected chi connectivity index (χ1v) is 4.77. The molecular weight excluding hydrogens is 184 g/mol. The summed E-state index contributed by atoms with van der Waals surface area (Å²) >= 11 is 0. The fourth-order valence-corrected chi connectivity index (χ4v) is 2.10. The highest BCUT2D eigenvalue weighted by Gasteiger charge is 2.43. The summed E-state index contributed by atoms with van der Waals surface area (Å²) in [5.74, 6) is 0.177. The Balaban J connectivity index is 2.04. The standard InChI is InChI=1S/C10H14O4/c1-6-8-4-12-7(2)14-10(8)3-9(6)13-5-11/h5,7-10H,1,3-4H2,2H3/t7?,8?,9-,10+/m1/s1. The summed E-state index contributed by atoms with van der Waals surface area (Å²) in [5, 5.41) is 0. The summed E-state index contributed by atoms with van der Waals surface area (Å²) in [6, 6.07) is 0. The van der Waals surface area contributed by atoms with Crippen molar-refractivity contribution in [2.24, 2.45) is 5.92 Å². The Hall–Kier alpha value is -0.870. The minimum Gasteiger partial charge on any atom is -0.460 e. The molecule has 0 aromatic carbocycles. The minimum absolute atomic E-state index is 0.0937. The van der Waals surface area contributed by atoms with Crippen molar-refractivity contribution in [3.05, 3.63) is 12.2 Å². The summed E-state index contributed by atoms with van der Waals surface area (Å²) in [7, 11) is 0. The molecule has 0 aromatic rings. The van der Waals surface area contributed by atoms with Crippen molar-refractivity contribution in [3.63, 3.8) is 0 Å². The van der Waals surface area contributed by atoms with Crippen LogP contribution in [-0.4, -0.2) is 31.6 Å². The molecule has 4 heteroatoms. The molecule has 1 saturated carbocycles. The van der Waals surface area contributed by atoms with Crippen molar-refractivity contribution >= 4 is 6.47 Å². The van der Waals surface area contributed by atoms with Gasteiger partial charge in [-0.1, -0.05) is 6.58 Å². The maximum atomic E-state index is 10.2. The van der Waals surface area contributed by atoms with Gasteiger partial charge in [0, 0.05) is 12.3 Å². The van der Waals surface area contributed by atoms with Crippen molar-refractivity contribution in [1.29, 1.82) is 0 Å². The highest BCUT2D eigenvalue weighted by atomic mass is 16.7. The molecule has 0 amide bonds. The van der Waals surface area contributed by atoms with Gasteiger partial charge in [0.05, 0.1) is 12.7 Å². The monoisotopic (exact) mass is 198 g/mol. The van der Waals surface area contributed by atoms with Gasteiger partial charge in [-0.05, 0) is 12.5 Å². The molecule has 2 fully saturated rings. The van der Waals surface area contributed by atoms with Crippen LogP contribution in [0.25, 0.3) is 0 Å². The molecule has 0 aromatic heterocycles. The van der Waals surface area contributed by atoms with E-state index in [1.807, 2.05) is 6.92 Å². The van der Waals surface area contributed by atoms with Gasteiger partial charge in [-0.3, -0.25) is 4.79 Å². The lowest BCUT2D eigenvalue weighted by Crippen LogP contribution is -2.35. The summed E-state index contributed by atoms with van der Waals surface area (Å²) in [4.78, 5) is 10.2. The average molecular weight is 198 g/mol. The van der Waals surface area contributed by atoms with Gasteiger partial charge in [0.15, 0.2) is 6.29 Å². The van der Waals surface area contributed by atoms with Crippen LogP contribution in [0.2, 0.25) is 0 Å². The van der Waals surface area contributed by atoms with E-state index in [9.17, 15) is 4.79 Å². The second-order valence-electron chi connectivity index (χ2n) is 3.71.